The number of nitrogens with one attached hydrogen (secondary N) is 1. The Balaban J connectivity index is 1.95. The average molecular weight is 391 g/mol. The molecule has 3 aromatic rings. The van der Waals surface area contributed by atoms with Crippen LogP contribution in [0, 0.1) is 13.8 Å². The van der Waals surface area contributed by atoms with Gasteiger partial charge in [-0.1, -0.05) is 0 Å². The van der Waals surface area contributed by atoms with Crippen molar-refractivity contribution in [3.8, 4) is 5.75 Å². The number of aliphatic hydroxyl groups is 1. The highest BCUT2D eigenvalue weighted by atomic mass is 32.2. The maximum atomic E-state index is 12.9. The molecule has 1 aromatic carbocycles. The van der Waals surface area contributed by atoms with E-state index in [1.54, 1.807) is 30.3 Å². The first-order chi connectivity index (χ1) is 12.8. The molecule has 3 rings (SSSR count). The molecule has 0 radical (unpaired) electrons. The van der Waals surface area contributed by atoms with Crippen molar-refractivity contribution in [3.63, 3.8) is 0 Å². The maximum Gasteiger partial charge on any atom is 0.244 e. The molecule has 2 aromatic heterocycles. The van der Waals surface area contributed by atoms with Gasteiger partial charge in [0.1, 0.15) is 16.4 Å². The third-order valence-corrected chi connectivity index (χ3v) is 5.94. The first-order valence-corrected chi connectivity index (χ1v) is 9.70. The van der Waals surface area contributed by atoms with Crippen molar-refractivity contribution in [2.24, 2.45) is 0 Å². The summed E-state index contributed by atoms with van der Waals surface area (Å²) in [7, 11) is -2.55. The molecular formula is C19H21NO6S. The molecule has 2 N–H and O–H groups in total. The van der Waals surface area contributed by atoms with E-state index in [2.05, 4.69) is 4.72 Å². The Kier molecular flexibility index (Phi) is 5.14. The zero-order valence-corrected chi connectivity index (χ0v) is 16.0. The van der Waals surface area contributed by atoms with Gasteiger partial charge in [-0.2, -0.15) is 0 Å². The van der Waals surface area contributed by atoms with E-state index < -0.39 is 15.6 Å². The van der Waals surface area contributed by atoms with Crippen LogP contribution in [0.25, 0.3) is 0 Å². The highest BCUT2D eigenvalue weighted by Gasteiger charge is 2.37. The van der Waals surface area contributed by atoms with Gasteiger partial charge >= 0.3 is 0 Å². The van der Waals surface area contributed by atoms with E-state index in [1.165, 1.54) is 25.9 Å². The van der Waals surface area contributed by atoms with E-state index >= 15 is 0 Å². The third kappa shape index (κ3) is 3.64. The van der Waals surface area contributed by atoms with Crippen molar-refractivity contribution in [1.29, 1.82) is 0 Å². The Hall–Kier alpha value is -2.55. The second-order valence-electron chi connectivity index (χ2n) is 6.26. The minimum atomic E-state index is -3.96. The Morgan fingerprint density at radius 3 is 2.52 bits per heavy atom. The summed E-state index contributed by atoms with van der Waals surface area (Å²) < 4.78 is 43.9. The fourth-order valence-electron chi connectivity index (χ4n) is 2.76. The van der Waals surface area contributed by atoms with Gasteiger partial charge in [-0.25, -0.2) is 13.1 Å². The summed E-state index contributed by atoms with van der Waals surface area (Å²) in [6.45, 7) is 3.34. The maximum absolute atomic E-state index is 12.9. The lowest BCUT2D eigenvalue weighted by Gasteiger charge is -2.25. The topological polar surface area (TPSA) is 102 Å². The minimum Gasteiger partial charge on any atom is -0.495 e. The average Bonchev–Trinajstić information content (AvgIpc) is 3.35. The van der Waals surface area contributed by atoms with Crippen LogP contribution in [0.5, 0.6) is 5.75 Å². The van der Waals surface area contributed by atoms with E-state index in [0.717, 1.165) is 11.1 Å². The van der Waals surface area contributed by atoms with Crippen molar-refractivity contribution < 1.29 is 27.1 Å². The zero-order valence-electron chi connectivity index (χ0n) is 15.2. The van der Waals surface area contributed by atoms with Crippen LogP contribution >= 0.6 is 0 Å². The second-order valence-corrected chi connectivity index (χ2v) is 8.00. The summed E-state index contributed by atoms with van der Waals surface area (Å²) in [5.41, 5.74) is 0.368. The number of furan rings is 2. The monoisotopic (exact) mass is 391 g/mol. The van der Waals surface area contributed by atoms with Crippen molar-refractivity contribution in [1.82, 2.24) is 4.72 Å². The molecule has 0 bridgehead atoms. The Bertz CT molecular complexity index is 973. The normalized spacial score (nSPS) is 14.1. The van der Waals surface area contributed by atoms with Gasteiger partial charge in [-0.3, -0.25) is 0 Å². The molecule has 27 heavy (non-hydrogen) atoms. The summed E-state index contributed by atoms with van der Waals surface area (Å²) in [4.78, 5) is 0.00193. The molecule has 1 unspecified atom stereocenters. The van der Waals surface area contributed by atoms with Crippen molar-refractivity contribution in [2.45, 2.75) is 24.3 Å². The Morgan fingerprint density at radius 2 is 1.93 bits per heavy atom. The van der Waals surface area contributed by atoms with Gasteiger partial charge in [0.15, 0.2) is 5.60 Å². The predicted molar refractivity (Wildman–Crippen MR) is 98.1 cm³/mol. The fraction of sp³-hybridized carbons (Fsp3) is 0.263. The molecule has 1 atom stereocenters. The highest BCUT2D eigenvalue weighted by molar-refractivity contribution is 7.89. The smallest absolute Gasteiger partial charge is 0.244 e. The molecule has 7 nitrogen and oxygen atoms in total. The first kappa shape index (κ1) is 19.2. The minimum absolute atomic E-state index is 0.00193. The fourth-order valence-corrected chi connectivity index (χ4v) is 4.05. The van der Waals surface area contributed by atoms with Gasteiger partial charge in [0.2, 0.25) is 10.0 Å². The second kappa shape index (κ2) is 7.22. The SMILES string of the molecule is COc1cc(C)c(C)cc1S(=O)(=O)NCC(O)(c1ccoc1)c1ccco1. The van der Waals surface area contributed by atoms with Crippen molar-refractivity contribution in [3.05, 3.63) is 71.6 Å². The van der Waals surface area contributed by atoms with E-state index in [0.29, 0.717) is 5.56 Å². The highest BCUT2D eigenvalue weighted by Crippen LogP contribution is 2.32. The molecule has 0 aliphatic heterocycles. The van der Waals surface area contributed by atoms with E-state index in [4.69, 9.17) is 13.6 Å². The third-order valence-electron chi connectivity index (χ3n) is 4.52. The summed E-state index contributed by atoms with van der Waals surface area (Å²) in [6.07, 6.45) is 4.14. The van der Waals surface area contributed by atoms with Gasteiger partial charge in [0.05, 0.1) is 32.4 Å². The van der Waals surface area contributed by atoms with Crippen LogP contribution in [-0.4, -0.2) is 27.2 Å². The number of benzene rings is 1. The molecule has 0 saturated carbocycles. The summed E-state index contributed by atoms with van der Waals surface area (Å²) >= 11 is 0. The van der Waals surface area contributed by atoms with Crippen LogP contribution in [-0.2, 0) is 15.6 Å². The first-order valence-electron chi connectivity index (χ1n) is 8.22. The number of hydrogen-bond donors (Lipinski definition) is 2. The van der Waals surface area contributed by atoms with Gasteiger partial charge in [-0.05, 0) is 55.3 Å². The molecule has 0 spiro atoms. The number of ether oxygens (including phenoxy) is 1. The molecule has 0 amide bonds. The lowest BCUT2D eigenvalue weighted by atomic mass is 9.94. The summed E-state index contributed by atoms with van der Waals surface area (Å²) in [6, 6.07) is 7.94. The zero-order chi connectivity index (χ0) is 19.7. The molecule has 144 valence electrons. The van der Waals surface area contributed by atoms with Crippen LogP contribution in [0.3, 0.4) is 0 Å². The molecule has 2 heterocycles. The predicted octanol–water partition coefficient (Wildman–Crippen LogP) is 2.71. The number of aryl methyl sites for hydroxylation is 2. The van der Waals surface area contributed by atoms with Gasteiger partial charge in [-0.15, -0.1) is 0 Å². The standard InChI is InChI=1S/C19H21NO6S/c1-13-9-16(24-3)17(10-14(13)2)27(22,23)20-12-19(21,15-6-8-25-11-15)18-5-4-7-26-18/h4-11,20-21H,12H2,1-3H3. The van der Waals surface area contributed by atoms with Gasteiger partial charge < -0.3 is 18.7 Å². The molecule has 0 saturated heterocycles. The van der Waals surface area contributed by atoms with Crippen LogP contribution in [0.1, 0.15) is 22.5 Å². The van der Waals surface area contributed by atoms with E-state index in [1.807, 2.05) is 13.8 Å². The molecule has 0 fully saturated rings. The molecule has 0 aliphatic carbocycles. The van der Waals surface area contributed by atoms with Gasteiger partial charge in [0.25, 0.3) is 0 Å². The van der Waals surface area contributed by atoms with Crippen molar-refractivity contribution in [2.75, 3.05) is 13.7 Å². The van der Waals surface area contributed by atoms with Crippen LogP contribution in [0.4, 0.5) is 0 Å². The number of sulfonamides is 1. The van der Waals surface area contributed by atoms with Crippen molar-refractivity contribution >= 4 is 10.0 Å². The Labute approximate surface area is 157 Å². The Morgan fingerprint density at radius 1 is 1.19 bits per heavy atom. The lowest BCUT2D eigenvalue weighted by molar-refractivity contribution is 0.0613. The number of rotatable bonds is 7. The quantitative estimate of drug-likeness (QED) is 0.642. The van der Waals surface area contributed by atoms with E-state index in [9.17, 15) is 13.5 Å². The molecular weight excluding hydrogens is 370 g/mol. The molecule has 8 heteroatoms. The largest absolute Gasteiger partial charge is 0.495 e. The lowest BCUT2D eigenvalue weighted by Crippen LogP contribution is -2.41. The van der Waals surface area contributed by atoms with Crippen LogP contribution < -0.4 is 9.46 Å². The number of hydrogen-bond acceptors (Lipinski definition) is 6. The van der Waals surface area contributed by atoms with E-state index in [-0.39, 0.29) is 22.9 Å². The number of methoxy groups -OCH3 is 1. The molecule has 0 aliphatic rings. The van der Waals surface area contributed by atoms with Gasteiger partial charge in [0, 0.05) is 5.56 Å². The van der Waals surface area contributed by atoms with Crippen LogP contribution in [0.15, 0.2) is 62.9 Å². The summed E-state index contributed by atoms with van der Waals surface area (Å²) in [5.74, 6) is 0.425. The van der Waals surface area contributed by atoms with Crippen LogP contribution in [0.2, 0.25) is 0 Å². The summed E-state index contributed by atoms with van der Waals surface area (Å²) in [5, 5.41) is 11.2.